The van der Waals surface area contributed by atoms with Crippen LogP contribution < -0.4 is 15.4 Å². The lowest BCUT2D eigenvalue weighted by molar-refractivity contribution is -0.124. The van der Waals surface area contributed by atoms with E-state index in [1.165, 1.54) is 0 Å². The van der Waals surface area contributed by atoms with Crippen molar-refractivity contribution >= 4 is 17.5 Å². The van der Waals surface area contributed by atoms with Gasteiger partial charge in [-0.3, -0.25) is 14.5 Å². The molecule has 0 aliphatic heterocycles. The smallest absolute Gasteiger partial charge is 0.238 e. The molecular weight excluding hydrogens is 346 g/mol. The van der Waals surface area contributed by atoms with E-state index in [1.807, 2.05) is 36.9 Å². The molecule has 1 aromatic heterocycles. The molecule has 146 valence electrons. The highest BCUT2D eigenvalue weighted by molar-refractivity contribution is 5.94. The molecule has 0 spiro atoms. The van der Waals surface area contributed by atoms with Crippen LogP contribution in [-0.2, 0) is 9.59 Å². The van der Waals surface area contributed by atoms with Crippen molar-refractivity contribution in [3.8, 4) is 5.75 Å². The Labute approximate surface area is 159 Å². The zero-order chi connectivity index (χ0) is 19.6. The monoisotopic (exact) mass is 373 g/mol. The molecule has 0 saturated heterocycles. The second kappa shape index (κ2) is 10.4. The topological polar surface area (TPSA) is 83.8 Å². The Morgan fingerprint density at radius 2 is 1.89 bits per heavy atom. The normalized spacial score (nSPS) is 11.9. The molecule has 0 aliphatic carbocycles. The first kappa shape index (κ1) is 20.5. The number of amides is 2. The van der Waals surface area contributed by atoms with Gasteiger partial charge in [-0.2, -0.15) is 0 Å². The van der Waals surface area contributed by atoms with E-state index in [-0.39, 0.29) is 30.9 Å². The van der Waals surface area contributed by atoms with Crippen LogP contribution in [0.1, 0.15) is 32.1 Å². The van der Waals surface area contributed by atoms with Gasteiger partial charge in [-0.1, -0.05) is 19.1 Å². The summed E-state index contributed by atoms with van der Waals surface area (Å²) in [7, 11) is 1.55. The summed E-state index contributed by atoms with van der Waals surface area (Å²) in [5.74, 6) is 0.939. The Hall–Kier alpha value is -2.80. The number of para-hydroxylation sites is 2. The molecule has 0 saturated carbocycles. The number of carbonyl (C=O) groups is 2. The number of ether oxygens (including phenoxy) is 1. The third kappa shape index (κ3) is 6.45. The van der Waals surface area contributed by atoms with Gasteiger partial charge in [0.05, 0.1) is 38.2 Å². The van der Waals surface area contributed by atoms with Gasteiger partial charge < -0.3 is 19.8 Å². The first-order valence-electron chi connectivity index (χ1n) is 9.01. The molecular formula is C20H27N3O4. The Kier molecular flexibility index (Phi) is 7.88. The number of benzene rings is 1. The number of furan rings is 1. The standard InChI is InChI=1S/C20H27N3O4/c1-4-11-23(13-19(24)21-15(2)17-10-7-12-27-17)14-20(25)22-16-8-5-6-9-18(16)26-3/h5-10,12,15H,4,11,13-14H2,1-3H3,(H,21,24)(H,22,25). The maximum Gasteiger partial charge on any atom is 0.238 e. The first-order chi connectivity index (χ1) is 13.0. The Morgan fingerprint density at radius 3 is 2.56 bits per heavy atom. The van der Waals surface area contributed by atoms with Crippen LogP contribution in [0.3, 0.4) is 0 Å². The van der Waals surface area contributed by atoms with E-state index in [1.54, 1.807) is 31.6 Å². The Morgan fingerprint density at radius 1 is 1.15 bits per heavy atom. The highest BCUT2D eigenvalue weighted by Gasteiger charge is 2.17. The van der Waals surface area contributed by atoms with Crippen LogP contribution in [0.5, 0.6) is 5.75 Å². The fourth-order valence-electron chi connectivity index (χ4n) is 2.77. The average molecular weight is 373 g/mol. The summed E-state index contributed by atoms with van der Waals surface area (Å²) in [5, 5.41) is 5.72. The second-order valence-electron chi connectivity index (χ2n) is 6.26. The molecule has 1 aromatic carbocycles. The maximum atomic E-state index is 12.4. The number of anilines is 1. The fourth-order valence-corrected chi connectivity index (χ4v) is 2.77. The largest absolute Gasteiger partial charge is 0.495 e. The zero-order valence-electron chi connectivity index (χ0n) is 16.0. The highest BCUT2D eigenvalue weighted by Crippen LogP contribution is 2.22. The lowest BCUT2D eigenvalue weighted by Crippen LogP contribution is -2.42. The molecule has 1 unspecified atom stereocenters. The van der Waals surface area contributed by atoms with Crippen molar-refractivity contribution < 1.29 is 18.7 Å². The molecule has 2 rings (SSSR count). The lowest BCUT2D eigenvalue weighted by atomic mass is 10.2. The summed E-state index contributed by atoms with van der Waals surface area (Å²) >= 11 is 0. The van der Waals surface area contributed by atoms with Crippen molar-refractivity contribution in [1.29, 1.82) is 0 Å². The van der Waals surface area contributed by atoms with Crippen LogP contribution in [0.4, 0.5) is 5.69 Å². The van der Waals surface area contributed by atoms with E-state index >= 15 is 0 Å². The molecule has 27 heavy (non-hydrogen) atoms. The number of carbonyl (C=O) groups excluding carboxylic acids is 2. The molecule has 2 aromatic rings. The summed E-state index contributed by atoms with van der Waals surface area (Å²) in [6.07, 6.45) is 2.41. The van der Waals surface area contributed by atoms with Gasteiger partial charge in [0.1, 0.15) is 11.5 Å². The van der Waals surface area contributed by atoms with E-state index in [0.717, 1.165) is 6.42 Å². The van der Waals surface area contributed by atoms with Gasteiger partial charge in [-0.25, -0.2) is 0 Å². The van der Waals surface area contributed by atoms with E-state index in [0.29, 0.717) is 23.7 Å². The Bertz CT molecular complexity index is 731. The number of hydrogen-bond acceptors (Lipinski definition) is 5. The molecule has 2 amide bonds. The number of nitrogens with zero attached hydrogens (tertiary/aromatic N) is 1. The predicted molar refractivity (Wildman–Crippen MR) is 104 cm³/mol. The number of hydrogen-bond donors (Lipinski definition) is 2. The molecule has 0 fully saturated rings. The zero-order valence-corrected chi connectivity index (χ0v) is 16.0. The van der Waals surface area contributed by atoms with Gasteiger partial charge in [0.15, 0.2) is 0 Å². The van der Waals surface area contributed by atoms with Crippen molar-refractivity contribution in [3.05, 3.63) is 48.4 Å². The van der Waals surface area contributed by atoms with Gasteiger partial charge in [-0.15, -0.1) is 0 Å². The molecule has 0 radical (unpaired) electrons. The summed E-state index contributed by atoms with van der Waals surface area (Å²) < 4.78 is 10.5. The molecule has 1 atom stereocenters. The number of rotatable bonds is 10. The molecule has 0 aliphatic rings. The van der Waals surface area contributed by atoms with Gasteiger partial charge in [0.2, 0.25) is 11.8 Å². The summed E-state index contributed by atoms with van der Waals surface area (Å²) in [5.41, 5.74) is 0.609. The van der Waals surface area contributed by atoms with E-state index in [9.17, 15) is 9.59 Å². The van der Waals surface area contributed by atoms with Crippen LogP contribution >= 0.6 is 0 Å². The van der Waals surface area contributed by atoms with E-state index in [2.05, 4.69) is 10.6 Å². The van der Waals surface area contributed by atoms with Gasteiger partial charge in [0.25, 0.3) is 0 Å². The maximum absolute atomic E-state index is 12.4. The summed E-state index contributed by atoms with van der Waals surface area (Å²) in [6.45, 7) is 4.76. The van der Waals surface area contributed by atoms with Crippen molar-refractivity contribution in [2.75, 3.05) is 32.1 Å². The van der Waals surface area contributed by atoms with Crippen molar-refractivity contribution in [1.82, 2.24) is 10.2 Å². The average Bonchev–Trinajstić information content (AvgIpc) is 3.17. The van der Waals surface area contributed by atoms with E-state index < -0.39 is 0 Å². The van der Waals surface area contributed by atoms with Crippen LogP contribution in [0.2, 0.25) is 0 Å². The van der Waals surface area contributed by atoms with Crippen LogP contribution in [0.25, 0.3) is 0 Å². The SMILES string of the molecule is CCCN(CC(=O)Nc1ccccc1OC)CC(=O)NC(C)c1ccco1. The van der Waals surface area contributed by atoms with Crippen molar-refractivity contribution in [3.63, 3.8) is 0 Å². The molecule has 0 bridgehead atoms. The van der Waals surface area contributed by atoms with Crippen LogP contribution in [0, 0.1) is 0 Å². The third-order valence-electron chi connectivity index (χ3n) is 4.00. The number of nitrogens with one attached hydrogen (secondary N) is 2. The van der Waals surface area contributed by atoms with E-state index in [4.69, 9.17) is 9.15 Å². The van der Waals surface area contributed by atoms with Gasteiger partial charge >= 0.3 is 0 Å². The minimum atomic E-state index is -0.224. The molecule has 7 heteroatoms. The minimum absolute atomic E-state index is 0.119. The second-order valence-corrected chi connectivity index (χ2v) is 6.26. The quantitative estimate of drug-likeness (QED) is 0.669. The van der Waals surface area contributed by atoms with Gasteiger partial charge in [0, 0.05) is 0 Å². The van der Waals surface area contributed by atoms with Crippen molar-refractivity contribution in [2.24, 2.45) is 0 Å². The predicted octanol–water partition coefficient (Wildman–Crippen LogP) is 2.82. The van der Waals surface area contributed by atoms with Crippen LogP contribution in [0.15, 0.2) is 47.1 Å². The fraction of sp³-hybridized carbons (Fsp3) is 0.400. The van der Waals surface area contributed by atoms with Gasteiger partial charge in [-0.05, 0) is 44.2 Å². The highest BCUT2D eigenvalue weighted by atomic mass is 16.5. The summed E-state index contributed by atoms with van der Waals surface area (Å²) in [6, 6.07) is 10.6. The third-order valence-corrected chi connectivity index (χ3v) is 4.00. The molecule has 2 N–H and O–H groups in total. The Balaban J connectivity index is 1.90. The minimum Gasteiger partial charge on any atom is -0.495 e. The first-order valence-corrected chi connectivity index (χ1v) is 9.01. The lowest BCUT2D eigenvalue weighted by Gasteiger charge is -2.22. The molecule has 7 nitrogen and oxygen atoms in total. The van der Waals surface area contributed by atoms with Crippen molar-refractivity contribution in [2.45, 2.75) is 26.3 Å². The molecule has 1 heterocycles. The number of methoxy groups -OCH3 is 1. The van der Waals surface area contributed by atoms with Crippen LogP contribution in [-0.4, -0.2) is 43.5 Å². The summed E-state index contributed by atoms with van der Waals surface area (Å²) in [4.78, 5) is 26.5.